The topological polar surface area (TPSA) is 21.3 Å². The van der Waals surface area contributed by atoms with Crippen LogP contribution in [0.5, 0.6) is 0 Å². The molecule has 1 heterocycles. The Kier molecular flexibility index (Phi) is 4.07. The highest BCUT2D eigenvalue weighted by Crippen LogP contribution is 2.31. The van der Waals surface area contributed by atoms with Crippen molar-refractivity contribution in [2.45, 2.75) is 51.0 Å². The number of likely N-dealkylation sites (N-methyl/N-ethyl adjacent to an activating group) is 1. The van der Waals surface area contributed by atoms with Gasteiger partial charge in [-0.15, -0.1) is 0 Å². The highest BCUT2D eigenvalue weighted by molar-refractivity contribution is 5.12. The van der Waals surface area contributed by atoms with E-state index in [1.165, 1.54) is 50.5 Å². The number of nitrogens with one attached hydrogen (secondary N) is 1. The molecule has 0 bridgehead atoms. The molecule has 0 aromatic carbocycles. The molecular weight excluding hydrogens is 186 g/mol. The molecule has 1 fully saturated rings. The van der Waals surface area contributed by atoms with E-state index in [0.717, 1.165) is 12.5 Å². The molecule has 1 N–H and O–H groups in total. The largest absolute Gasteiger partial charge is 0.501 e. The first-order valence-corrected chi connectivity index (χ1v) is 6.39. The van der Waals surface area contributed by atoms with Crippen LogP contribution < -0.4 is 5.32 Å². The summed E-state index contributed by atoms with van der Waals surface area (Å²) in [4.78, 5) is 0. The molecule has 1 saturated carbocycles. The molecule has 2 aliphatic rings. The van der Waals surface area contributed by atoms with Crippen LogP contribution >= 0.6 is 0 Å². The quantitative estimate of drug-likeness (QED) is 0.771. The first kappa shape index (κ1) is 11.0. The molecule has 1 unspecified atom stereocenters. The number of hydrogen-bond donors (Lipinski definition) is 1. The summed E-state index contributed by atoms with van der Waals surface area (Å²) >= 11 is 0. The van der Waals surface area contributed by atoms with Crippen LogP contribution in [0, 0.1) is 5.92 Å². The Balaban J connectivity index is 1.98. The number of ether oxygens (including phenoxy) is 1. The smallest absolute Gasteiger partial charge is 0.0876 e. The van der Waals surface area contributed by atoms with Gasteiger partial charge in [-0.1, -0.05) is 19.3 Å². The van der Waals surface area contributed by atoms with Gasteiger partial charge in [0.15, 0.2) is 0 Å². The van der Waals surface area contributed by atoms with E-state index in [1.807, 2.05) is 6.26 Å². The third kappa shape index (κ3) is 2.75. The Morgan fingerprint density at radius 3 is 2.67 bits per heavy atom. The van der Waals surface area contributed by atoms with Gasteiger partial charge in [-0.2, -0.15) is 0 Å². The van der Waals surface area contributed by atoms with Crippen molar-refractivity contribution in [1.29, 1.82) is 0 Å². The summed E-state index contributed by atoms with van der Waals surface area (Å²) in [7, 11) is 2.09. The molecule has 2 heteroatoms. The van der Waals surface area contributed by atoms with Crippen molar-refractivity contribution in [3.8, 4) is 0 Å². The van der Waals surface area contributed by atoms with Crippen molar-refractivity contribution < 1.29 is 4.74 Å². The predicted molar refractivity (Wildman–Crippen MR) is 62.7 cm³/mol. The number of hydrogen-bond acceptors (Lipinski definition) is 2. The molecule has 0 aromatic rings. The van der Waals surface area contributed by atoms with Crippen LogP contribution in [0.1, 0.15) is 44.9 Å². The second-order valence-corrected chi connectivity index (χ2v) is 4.83. The van der Waals surface area contributed by atoms with Gasteiger partial charge in [-0.3, -0.25) is 0 Å². The molecule has 0 spiro atoms. The minimum Gasteiger partial charge on any atom is -0.501 e. The highest BCUT2D eigenvalue weighted by atomic mass is 16.5. The predicted octanol–water partition coefficient (Wildman–Crippen LogP) is 2.85. The van der Waals surface area contributed by atoms with Crippen LogP contribution in [0.25, 0.3) is 0 Å². The van der Waals surface area contributed by atoms with Crippen LogP contribution in [0.3, 0.4) is 0 Å². The van der Waals surface area contributed by atoms with Gasteiger partial charge in [0.25, 0.3) is 0 Å². The summed E-state index contributed by atoms with van der Waals surface area (Å²) in [5, 5.41) is 3.49. The highest BCUT2D eigenvalue weighted by Gasteiger charge is 2.26. The minimum absolute atomic E-state index is 0.575. The van der Waals surface area contributed by atoms with E-state index in [-0.39, 0.29) is 0 Å². The SMILES string of the molecule is CNC(C1=COCCC1)C1CCCCC1. The standard InChI is InChI=1S/C13H23NO/c1-14-13(11-6-3-2-4-7-11)12-8-5-9-15-10-12/h10-11,13-14H,2-9H2,1H3. The van der Waals surface area contributed by atoms with Crippen molar-refractivity contribution >= 4 is 0 Å². The summed E-state index contributed by atoms with van der Waals surface area (Å²) in [6.07, 6.45) is 11.5. The monoisotopic (exact) mass is 209 g/mol. The summed E-state index contributed by atoms with van der Waals surface area (Å²) < 4.78 is 5.45. The van der Waals surface area contributed by atoms with E-state index in [9.17, 15) is 0 Å². The Morgan fingerprint density at radius 1 is 1.27 bits per heavy atom. The van der Waals surface area contributed by atoms with Gasteiger partial charge >= 0.3 is 0 Å². The fourth-order valence-electron chi connectivity index (χ4n) is 3.00. The lowest BCUT2D eigenvalue weighted by Crippen LogP contribution is -2.37. The molecular formula is C13H23NO. The van der Waals surface area contributed by atoms with Crippen LogP contribution in [0.15, 0.2) is 11.8 Å². The molecule has 86 valence electrons. The van der Waals surface area contributed by atoms with Gasteiger partial charge in [0, 0.05) is 6.04 Å². The van der Waals surface area contributed by atoms with E-state index >= 15 is 0 Å². The molecule has 1 atom stereocenters. The van der Waals surface area contributed by atoms with Crippen molar-refractivity contribution in [3.05, 3.63) is 11.8 Å². The summed E-state index contributed by atoms with van der Waals surface area (Å²) in [5.41, 5.74) is 1.50. The van der Waals surface area contributed by atoms with Crippen molar-refractivity contribution in [3.63, 3.8) is 0 Å². The van der Waals surface area contributed by atoms with E-state index in [2.05, 4.69) is 12.4 Å². The summed E-state index contributed by atoms with van der Waals surface area (Å²) in [5.74, 6) is 0.844. The third-order valence-electron chi connectivity index (χ3n) is 3.79. The first-order valence-electron chi connectivity index (χ1n) is 6.39. The first-order chi connectivity index (χ1) is 7.42. The normalized spacial score (nSPS) is 25.5. The molecule has 15 heavy (non-hydrogen) atoms. The van der Waals surface area contributed by atoms with E-state index < -0.39 is 0 Å². The van der Waals surface area contributed by atoms with Gasteiger partial charge in [0.05, 0.1) is 12.9 Å². The van der Waals surface area contributed by atoms with Gasteiger partial charge < -0.3 is 10.1 Å². The number of rotatable bonds is 3. The van der Waals surface area contributed by atoms with E-state index in [0.29, 0.717) is 6.04 Å². The van der Waals surface area contributed by atoms with Gasteiger partial charge in [0.2, 0.25) is 0 Å². The van der Waals surface area contributed by atoms with Crippen LogP contribution in [-0.4, -0.2) is 19.7 Å². The molecule has 2 rings (SSSR count). The lowest BCUT2D eigenvalue weighted by Gasteiger charge is -2.32. The summed E-state index contributed by atoms with van der Waals surface area (Å²) in [6.45, 7) is 0.907. The average molecular weight is 209 g/mol. The third-order valence-corrected chi connectivity index (χ3v) is 3.79. The molecule has 1 aliphatic heterocycles. The molecule has 1 aliphatic carbocycles. The van der Waals surface area contributed by atoms with Gasteiger partial charge in [-0.05, 0) is 44.2 Å². The summed E-state index contributed by atoms with van der Waals surface area (Å²) in [6, 6.07) is 0.575. The van der Waals surface area contributed by atoms with Crippen LogP contribution in [-0.2, 0) is 4.74 Å². The maximum atomic E-state index is 5.45. The zero-order chi connectivity index (χ0) is 10.5. The van der Waals surface area contributed by atoms with Crippen molar-refractivity contribution in [2.24, 2.45) is 5.92 Å². The van der Waals surface area contributed by atoms with E-state index in [4.69, 9.17) is 4.74 Å². The zero-order valence-corrected chi connectivity index (χ0v) is 9.80. The maximum Gasteiger partial charge on any atom is 0.0876 e. The van der Waals surface area contributed by atoms with Crippen LogP contribution in [0.2, 0.25) is 0 Å². The Bertz CT molecular complexity index is 219. The Morgan fingerprint density at radius 2 is 2.07 bits per heavy atom. The molecule has 0 amide bonds. The Labute approximate surface area is 93.1 Å². The fourth-order valence-corrected chi connectivity index (χ4v) is 3.00. The fraction of sp³-hybridized carbons (Fsp3) is 0.846. The van der Waals surface area contributed by atoms with Gasteiger partial charge in [-0.25, -0.2) is 0 Å². The van der Waals surface area contributed by atoms with E-state index in [1.54, 1.807) is 0 Å². The van der Waals surface area contributed by atoms with Crippen molar-refractivity contribution in [2.75, 3.05) is 13.7 Å². The minimum atomic E-state index is 0.575. The second kappa shape index (κ2) is 5.55. The molecule has 0 aromatic heterocycles. The van der Waals surface area contributed by atoms with Crippen molar-refractivity contribution in [1.82, 2.24) is 5.32 Å². The second-order valence-electron chi connectivity index (χ2n) is 4.83. The van der Waals surface area contributed by atoms with Crippen LogP contribution in [0.4, 0.5) is 0 Å². The zero-order valence-electron chi connectivity index (χ0n) is 9.80. The lowest BCUT2D eigenvalue weighted by atomic mass is 9.80. The molecule has 0 radical (unpaired) electrons. The van der Waals surface area contributed by atoms with Gasteiger partial charge in [0.1, 0.15) is 0 Å². The Hall–Kier alpha value is -0.500. The molecule has 2 nitrogen and oxygen atoms in total. The average Bonchev–Trinajstić information content (AvgIpc) is 2.33. The lowest BCUT2D eigenvalue weighted by molar-refractivity contribution is 0.208. The molecule has 0 saturated heterocycles. The maximum absolute atomic E-state index is 5.45.